The van der Waals surface area contributed by atoms with Crippen LogP contribution in [0.15, 0.2) is 30.6 Å². The molecule has 2 aliphatic rings. The van der Waals surface area contributed by atoms with Gasteiger partial charge in [0, 0.05) is 43.5 Å². The highest BCUT2D eigenvalue weighted by atomic mass is 16.7. The van der Waals surface area contributed by atoms with Crippen molar-refractivity contribution in [2.24, 2.45) is 5.92 Å². The van der Waals surface area contributed by atoms with Crippen LogP contribution < -0.4 is 9.47 Å². The Bertz CT molecular complexity index is 786. The minimum Gasteiger partial charge on any atom is -0.454 e. The lowest BCUT2D eigenvalue weighted by Crippen LogP contribution is -2.37. The molecule has 3 heterocycles. The first-order valence-electron chi connectivity index (χ1n) is 8.44. The van der Waals surface area contributed by atoms with E-state index in [0.717, 1.165) is 18.9 Å². The van der Waals surface area contributed by atoms with Gasteiger partial charge in [-0.25, -0.2) is 4.98 Å². The van der Waals surface area contributed by atoms with Crippen molar-refractivity contribution in [3.63, 3.8) is 0 Å². The normalized spacial score (nSPS) is 19.0. The maximum atomic E-state index is 13.1. The van der Waals surface area contributed by atoms with Gasteiger partial charge < -0.3 is 23.8 Å². The number of hydrogen-bond donors (Lipinski definition) is 0. The molecule has 1 unspecified atom stereocenters. The molecule has 0 spiro atoms. The zero-order valence-corrected chi connectivity index (χ0v) is 14.5. The summed E-state index contributed by atoms with van der Waals surface area (Å²) in [7, 11) is 4.12. The average molecular weight is 342 g/mol. The lowest BCUT2D eigenvalue weighted by molar-refractivity contribution is 0.0710. The summed E-state index contributed by atoms with van der Waals surface area (Å²) in [6.07, 6.45) is 3.79. The highest BCUT2D eigenvalue weighted by Crippen LogP contribution is 2.33. The summed E-state index contributed by atoms with van der Waals surface area (Å²) in [6, 6.07) is 5.36. The van der Waals surface area contributed by atoms with E-state index in [4.69, 9.17) is 9.47 Å². The molecule has 0 aliphatic carbocycles. The number of aromatic nitrogens is 2. The van der Waals surface area contributed by atoms with E-state index in [-0.39, 0.29) is 12.7 Å². The summed E-state index contributed by atoms with van der Waals surface area (Å²) in [4.78, 5) is 21.6. The van der Waals surface area contributed by atoms with E-state index in [1.54, 1.807) is 24.4 Å². The molecule has 132 valence electrons. The molecule has 0 saturated heterocycles. The number of rotatable bonds is 3. The molecule has 1 aromatic heterocycles. The Hall–Kier alpha value is -2.54. The van der Waals surface area contributed by atoms with Gasteiger partial charge in [-0.1, -0.05) is 0 Å². The van der Waals surface area contributed by atoms with Crippen molar-refractivity contribution < 1.29 is 14.3 Å². The fourth-order valence-electron chi connectivity index (χ4n) is 3.54. The highest BCUT2D eigenvalue weighted by Gasteiger charge is 2.27. The molecule has 0 saturated carbocycles. The molecule has 2 aromatic rings. The second-order valence-electron chi connectivity index (χ2n) is 6.88. The van der Waals surface area contributed by atoms with Crippen LogP contribution in [-0.2, 0) is 13.1 Å². The number of hydrogen-bond acceptors (Lipinski definition) is 5. The Morgan fingerprint density at radius 2 is 2.12 bits per heavy atom. The fraction of sp³-hybridized carbons (Fsp3) is 0.444. The third-order valence-corrected chi connectivity index (χ3v) is 4.60. The highest BCUT2D eigenvalue weighted by molar-refractivity contribution is 5.95. The minimum atomic E-state index is -0.00138. The Morgan fingerprint density at radius 1 is 1.28 bits per heavy atom. The van der Waals surface area contributed by atoms with E-state index in [2.05, 4.69) is 28.5 Å². The number of ether oxygens (including phenoxy) is 2. The molecule has 4 rings (SSSR count). The number of fused-ring (bicyclic) bond motifs is 2. The molecule has 0 radical (unpaired) electrons. The van der Waals surface area contributed by atoms with E-state index in [9.17, 15) is 4.79 Å². The van der Waals surface area contributed by atoms with E-state index in [1.807, 2.05) is 11.1 Å². The van der Waals surface area contributed by atoms with Crippen LogP contribution in [0.2, 0.25) is 0 Å². The Balaban J connectivity index is 1.60. The summed E-state index contributed by atoms with van der Waals surface area (Å²) < 4.78 is 12.9. The van der Waals surface area contributed by atoms with Gasteiger partial charge in [-0.2, -0.15) is 0 Å². The van der Waals surface area contributed by atoms with Gasteiger partial charge in [0.2, 0.25) is 6.79 Å². The second kappa shape index (κ2) is 6.40. The van der Waals surface area contributed by atoms with Gasteiger partial charge >= 0.3 is 0 Å². The standard InChI is InChI=1S/C18H22N4O3/c1-20(2)8-13-9-21-6-5-19-17(21)11-22(10-13)18(23)14-3-4-15-16(7-14)25-12-24-15/h3-7,13H,8-12H2,1-2H3. The van der Waals surface area contributed by atoms with Crippen molar-refractivity contribution in [1.82, 2.24) is 19.4 Å². The van der Waals surface area contributed by atoms with Gasteiger partial charge in [0.1, 0.15) is 5.82 Å². The smallest absolute Gasteiger partial charge is 0.254 e. The Morgan fingerprint density at radius 3 is 2.96 bits per heavy atom. The lowest BCUT2D eigenvalue weighted by Gasteiger charge is -2.26. The van der Waals surface area contributed by atoms with E-state index in [0.29, 0.717) is 36.1 Å². The Kier molecular flexibility index (Phi) is 4.09. The second-order valence-corrected chi connectivity index (χ2v) is 6.88. The van der Waals surface area contributed by atoms with Crippen molar-refractivity contribution in [2.75, 3.05) is 34.0 Å². The third kappa shape index (κ3) is 3.19. The molecule has 2 aliphatic heterocycles. The summed E-state index contributed by atoms with van der Waals surface area (Å²) in [6.45, 7) is 3.22. The maximum Gasteiger partial charge on any atom is 0.254 e. The number of benzene rings is 1. The van der Waals surface area contributed by atoms with Gasteiger partial charge in [0.05, 0.1) is 6.54 Å². The van der Waals surface area contributed by atoms with Crippen LogP contribution in [0, 0.1) is 5.92 Å². The summed E-state index contributed by atoms with van der Waals surface area (Å²) in [5, 5.41) is 0. The monoisotopic (exact) mass is 342 g/mol. The van der Waals surface area contributed by atoms with Crippen molar-refractivity contribution >= 4 is 5.91 Å². The maximum absolute atomic E-state index is 13.1. The molecule has 0 bridgehead atoms. The van der Waals surface area contributed by atoms with E-state index >= 15 is 0 Å². The molecule has 7 heteroatoms. The quantitative estimate of drug-likeness (QED) is 0.845. The molecule has 1 amide bonds. The summed E-state index contributed by atoms with van der Waals surface area (Å²) in [5.74, 6) is 2.60. The molecule has 0 fully saturated rings. The largest absolute Gasteiger partial charge is 0.454 e. The van der Waals surface area contributed by atoms with Crippen molar-refractivity contribution in [3.05, 3.63) is 42.0 Å². The van der Waals surface area contributed by atoms with Gasteiger partial charge in [-0.05, 0) is 32.3 Å². The first kappa shape index (κ1) is 16.0. The molecule has 1 aromatic carbocycles. The molecule has 7 nitrogen and oxygen atoms in total. The SMILES string of the molecule is CN(C)CC1CN(C(=O)c2ccc3c(c2)OCO3)Cc2nccn2C1. The minimum absolute atomic E-state index is 0.00138. The van der Waals surface area contributed by atoms with Crippen molar-refractivity contribution in [2.45, 2.75) is 13.1 Å². The molecule has 0 N–H and O–H groups in total. The van der Waals surface area contributed by atoms with Gasteiger partial charge in [-0.3, -0.25) is 4.79 Å². The Labute approximate surface area is 146 Å². The lowest BCUT2D eigenvalue weighted by atomic mass is 10.1. The number of carbonyl (C=O) groups excluding carboxylic acids is 1. The van der Waals surface area contributed by atoms with Crippen LogP contribution >= 0.6 is 0 Å². The van der Waals surface area contributed by atoms with Crippen molar-refractivity contribution in [1.29, 1.82) is 0 Å². The third-order valence-electron chi connectivity index (χ3n) is 4.60. The first-order chi connectivity index (χ1) is 12.1. The van der Waals surface area contributed by atoms with Crippen LogP contribution in [-0.4, -0.2) is 59.2 Å². The molecular weight excluding hydrogens is 320 g/mol. The first-order valence-corrected chi connectivity index (χ1v) is 8.44. The average Bonchev–Trinajstić information content (AvgIpc) is 3.18. The number of imidazole rings is 1. The van der Waals surface area contributed by atoms with Gasteiger partial charge in [0.15, 0.2) is 11.5 Å². The van der Waals surface area contributed by atoms with Gasteiger partial charge in [-0.15, -0.1) is 0 Å². The zero-order valence-electron chi connectivity index (χ0n) is 14.5. The fourth-order valence-corrected chi connectivity index (χ4v) is 3.54. The molecule has 25 heavy (non-hydrogen) atoms. The topological polar surface area (TPSA) is 59.8 Å². The summed E-state index contributed by atoms with van der Waals surface area (Å²) >= 11 is 0. The van der Waals surface area contributed by atoms with Gasteiger partial charge in [0.25, 0.3) is 5.91 Å². The molecular formula is C18H22N4O3. The predicted octanol–water partition coefficient (Wildman–Crippen LogP) is 1.45. The van der Waals surface area contributed by atoms with Crippen molar-refractivity contribution in [3.8, 4) is 11.5 Å². The van der Waals surface area contributed by atoms with Crippen LogP contribution in [0.5, 0.6) is 11.5 Å². The summed E-state index contributed by atoms with van der Waals surface area (Å²) in [5.41, 5.74) is 0.618. The van der Waals surface area contributed by atoms with Crippen LogP contribution in [0.1, 0.15) is 16.2 Å². The van der Waals surface area contributed by atoms with E-state index < -0.39 is 0 Å². The number of amides is 1. The predicted molar refractivity (Wildman–Crippen MR) is 91.6 cm³/mol. The zero-order chi connectivity index (χ0) is 17.4. The molecule has 1 atom stereocenters. The number of nitrogens with zero attached hydrogens (tertiary/aromatic N) is 4. The number of carbonyl (C=O) groups is 1. The van der Waals surface area contributed by atoms with E-state index in [1.165, 1.54) is 0 Å². The van der Waals surface area contributed by atoms with Crippen LogP contribution in [0.25, 0.3) is 0 Å². The van der Waals surface area contributed by atoms with Crippen LogP contribution in [0.3, 0.4) is 0 Å². The van der Waals surface area contributed by atoms with Crippen LogP contribution in [0.4, 0.5) is 0 Å².